The molecule has 0 saturated carbocycles. The van der Waals surface area contributed by atoms with Gasteiger partial charge in [-0.05, 0) is 53.2 Å². The summed E-state index contributed by atoms with van der Waals surface area (Å²) in [6, 6.07) is 56.3. The number of para-hydroxylation sites is 4. The third-order valence-electron chi connectivity index (χ3n) is 11.5. The molecule has 53 heavy (non-hydrogen) atoms. The maximum absolute atomic E-state index is 6.62. The van der Waals surface area contributed by atoms with Crippen molar-refractivity contribution in [1.29, 1.82) is 0 Å². The molecule has 8 aromatic carbocycles. The zero-order valence-electron chi connectivity index (χ0n) is 28.2. The van der Waals surface area contributed by atoms with Gasteiger partial charge in [0.2, 0.25) is 5.95 Å². The molecular formula is C48H26N4O. The van der Waals surface area contributed by atoms with E-state index in [1.54, 1.807) is 0 Å². The standard InChI is InChI=1S/C48H26N4O/c1-2-12-28-27(11-1)25-26-35-44(28)49-48(50-45(35)36-19-8-18-34-30-14-4-6-24-41(30)53-47(34)36)52-38-21-9-15-31-33-17-7-16-32-29-13-3-5-20-37(29)51(46(32)33)39-22-10-23-40(52)43(39)42(31)38/h1-26H. The second-order valence-electron chi connectivity index (χ2n) is 14.1. The topological polar surface area (TPSA) is 48.3 Å². The van der Waals surface area contributed by atoms with Crippen LogP contribution in [0.3, 0.4) is 0 Å². The van der Waals surface area contributed by atoms with Gasteiger partial charge < -0.3 is 8.82 Å². The average molecular weight is 675 g/mol. The number of benzene rings is 8. The molecule has 0 radical (unpaired) electrons. The molecule has 13 aromatic rings. The van der Waals surface area contributed by atoms with E-state index < -0.39 is 0 Å². The SMILES string of the molecule is c1ccc2c(c1)ccc1c(-c3cccc4c3oc3ccccc34)nc(-n3c4cccc5c6cccc7c8ccccc8n(c8cccc3c8c54)c67)nc12. The second-order valence-corrected chi connectivity index (χ2v) is 14.1. The minimum absolute atomic E-state index is 0.627. The van der Waals surface area contributed by atoms with Gasteiger partial charge in [-0.15, -0.1) is 0 Å². The lowest BCUT2D eigenvalue weighted by Crippen LogP contribution is -2.04. The van der Waals surface area contributed by atoms with E-state index >= 15 is 0 Å². The first-order chi connectivity index (χ1) is 26.3. The molecule has 0 amide bonds. The van der Waals surface area contributed by atoms with Gasteiger partial charge >= 0.3 is 0 Å². The summed E-state index contributed by atoms with van der Waals surface area (Å²) in [7, 11) is 0. The van der Waals surface area contributed by atoms with Crippen LogP contribution in [0.2, 0.25) is 0 Å². The first kappa shape index (κ1) is 27.5. The van der Waals surface area contributed by atoms with Crippen molar-refractivity contribution in [2.45, 2.75) is 0 Å². The highest BCUT2D eigenvalue weighted by molar-refractivity contribution is 6.31. The number of fused-ring (bicyclic) bond motifs is 11. The molecule has 5 aromatic heterocycles. The highest BCUT2D eigenvalue weighted by Gasteiger charge is 2.24. The zero-order valence-corrected chi connectivity index (χ0v) is 28.2. The fourth-order valence-electron chi connectivity index (χ4n) is 9.29. The number of hydrogen-bond acceptors (Lipinski definition) is 3. The monoisotopic (exact) mass is 674 g/mol. The molecule has 0 aliphatic rings. The molecule has 5 heterocycles. The van der Waals surface area contributed by atoms with Gasteiger partial charge in [0.1, 0.15) is 11.2 Å². The van der Waals surface area contributed by atoms with Crippen LogP contribution in [-0.2, 0) is 0 Å². The molecule has 0 fully saturated rings. The zero-order chi connectivity index (χ0) is 34.4. The maximum Gasteiger partial charge on any atom is 0.235 e. The number of aromatic nitrogens is 4. The Hall–Kier alpha value is -7.24. The van der Waals surface area contributed by atoms with Crippen LogP contribution in [0.15, 0.2) is 162 Å². The molecule has 13 rings (SSSR count). The van der Waals surface area contributed by atoms with Crippen molar-refractivity contribution < 1.29 is 4.42 Å². The van der Waals surface area contributed by atoms with Crippen molar-refractivity contribution in [2.24, 2.45) is 0 Å². The summed E-state index contributed by atoms with van der Waals surface area (Å²) in [5.41, 5.74) is 10.1. The van der Waals surface area contributed by atoms with Crippen LogP contribution in [0.4, 0.5) is 0 Å². The van der Waals surface area contributed by atoms with Gasteiger partial charge in [-0.3, -0.25) is 4.57 Å². The third-order valence-corrected chi connectivity index (χ3v) is 11.5. The van der Waals surface area contributed by atoms with Crippen LogP contribution in [0.25, 0.3) is 121 Å². The van der Waals surface area contributed by atoms with Crippen LogP contribution in [0, 0.1) is 0 Å². The smallest absolute Gasteiger partial charge is 0.235 e. The van der Waals surface area contributed by atoms with E-state index in [0.717, 1.165) is 71.4 Å². The van der Waals surface area contributed by atoms with E-state index in [-0.39, 0.29) is 0 Å². The molecule has 0 bridgehead atoms. The van der Waals surface area contributed by atoms with E-state index in [9.17, 15) is 0 Å². The fourth-order valence-corrected chi connectivity index (χ4v) is 9.29. The van der Waals surface area contributed by atoms with Crippen molar-refractivity contribution in [2.75, 3.05) is 0 Å². The minimum atomic E-state index is 0.627. The van der Waals surface area contributed by atoms with Gasteiger partial charge in [0.15, 0.2) is 0 Å². The minimum Gasteiger partial charge on any atom is -0.455 e. The van der Waals surface area contributed by atoms with Crippen molar-refractivity contribution in [3.05, 3.63) is 158 Å². The Morgan fingerprint density at radius 2 is 1.06 bits per heavy atom. The van der Waals surface area contributed by atoms with Crippen molar-refractivity contribution in [1.82, 2.24) is 18.9 Å². The summed E-state index contributed by atoms with van der Waals surface area (Å²) in [4.78, 5) is 11.0. The molecule has 0 aliphatic carbocycles. The summed E-state index contributed by atoms with van der Waals surface area (Å²) in [6.45, 7) is 0. The lowest BCUT2D eigenvalue weighted by atomic mass is 10.0. The van der Waals surface area contributed by atoms with Crippen LogP contribution in [-0.4, -0.2) is 18.9 Å². The second kappa shape index (κ2) is 9.75. The van der Waals surface area contributed by atoms with E-state index in [0.29, 0.717) is 5.95 Å². The molecule has 0 aliphatic heterocycles. The van der Waals surface area contributed by atoms with Gasteiger partial charge in [-0.25, -0.2) is 9.97 Å². The van der Waals surface area contributed by atoms with E-state index in [2.05, 4.69) is 155 Å². The normalized spacial score (nSPS) is 12.5. The van der Waals surface area contributed by atoms with Crippen molar-refractivity contribution in [3.63, 3.8) is 0 Å². The summed E-state index contributed by atoms with van der Waals surface area (Å²) < 4.78 is 11.4. The molecule has 0 spiro atoms. The molecule has 0 unspecified atom stereocenters. The Bertz CT molecular complexity index is 3700. The first-order valence-corrected chi connectivity index (χ1v) is 18.0. The summed E-state index contributed by atoms with van der Waals surface area (Å²) in [5.74, 6) is 0.627. The Kier molecular flexibility index (Phi) is 5.06. The van der Waals surface area contributed by atoms with E-state index in [1.165, 1.54) is 43.4 Å². The van der Waals surface area contributed by atoms with Gasteiger partial charge in [0.25, 0.3) is 0 Å². The quantitative estimate of drug-likeness (QED) is 0.172. The van der Waals surface area contributed by atoms with E-state index in [1.807, 2.05) is 12.1 Å². The predicted molar refractivity (Wildman–Crippen MR) is 219 cm³/mol. The number of hydrogen-bond donors (Lipinski definition) is 0. The Labute approximate surface area is 300 Å². The molecule has 0 N–H and O–H groups in total. The average Bonchev–Trinajstić information content (AvgIpc) is 3.85. The van der Waals surface area contributed by atoms with Crippen LogP contribution in [0.5, 0.6) is 0 Å². The van der Waals surface area contributed by atoms with E-state index in [4.69, 9.17) is 14.4 Å². The van der Waals surface area contributed by atoms with Crippen LogP contribution >= 0.6 is 0 Å². The molecule has 5 nitrogen and oxygen atoms in total. The molecule has 5 heteroatoms. The number of rotatable bonds is 2. The highest BCUT2D eigenvalue weighted by Crippen LogP contribution is 2.45. The van der Waals surface area contributed by atoms with Crippen LogP contribution in [0.1, 0.15) is 0 Å². The summed E-state index contributed by atoms with van der Waals surface area (Å²) in [5, 5.41) is 12.7. The lowest BCUT2D eigenvalue weighted by molar-refractivity contribution is 0.670. The summed E-state index contributed by atoms with van der Waals surface area (Å²) in [6.07, 6.45) is 0. The Balaban J connectivity index is 1.23. The highest BCUT2D eigenvalue weighted by atomic mass is 16.3. The van der Waals surface area contributed by atoms with Gasteiger partial charge in [-0.2, -0.15) is 0 Å². The number of furan rings is 1. The maximum atomic E-state index is 6.62. The lowest BCUT2D eigenvalue weighted by Gasteiger charge is -2.14. The van der Waals surface area contributed by atoms with Gasteiger partial charge in [0, 0.05) is 54.0 Å². The molecule has 0 saturated heterocycles. The third kappa shape index (κ3) is 3.42. The van der Waals surface area contributed by atoms with Crippen LogP contribution < -0.4 is 0 Å². The van der Waals surface area contributed by atoms with Crippen molar-refractivity contribution in [3.8, 4) is 17.2 Å². The number of nitrogens with zero attached hydrogens (tertiary/aromatic N) is 4. The van der Waals surface area contributed by atoms with Gasteiger partial charge in [-0.1, -0.05) is 115 Å². The van der Waals surface area contributed by atoms with Gasteiger partial charge in [0.05, 0.1) is 38.8 Å². The summed E-state index contributed by atoms with van der Waals surface area (Å²) >= 11 is 0. The molecule has 0 atom stereocenters. The van der Waals surface area contributed by atoms with Crippen molar-refractivity contribution >= 4 is 104 Å². The first-order valence-electron chi connectivity index (χ1n) is 18.0. The largest absolute Gasteiger partial charge is 0.455 e. The molecular weight excluding hydrogens is 649 g/mol. The molecule has 244 valence electrons. The predicted octanol–water partition coefficient (Wildman–Crippen LogP) is 12.6. The fraction of sp³-hybridized carbons (Fsp3) is 0. The Morgan fingerprint density at radius 3 is 1.98 bits per heavy atom. The Morgan fingerprint density at radius 1 is 0.415 bits per heavy atom.